The largest absolute Gasteiger partial charge is 0.224 e. The van der Waals surface area contributed by atoms with E-state index in [2.05, 4.69) is 11.9 Å². The Labute approximate surface area is 92.8 Å². The molecular formula is C9H11Cl2NS. The van der Waals surface area contributed by atoms with E-state index >= 15 is 0 Å². The zero-order chi connectivity index (χ0) is 9.68. The third kappa shape index (κ3) is 3.75. The standard InChI is InChI=1S/C9H11Cl2NS/c1-2-5-13-6-7-3-4-8(10)12-9(7)11/h3-4H,2,5-6H2,1H3. The normalized spacial score (nSPS) is 10.4. The summed E-state index contributed by atoms with van der Waals surface area (Å²) in [5.41, 5.74) is 1.06. The maximum atomic E-state index is 5.90. The highest BCUT2D eigenvalue weighted by Gasteiger charge is 2.01. The second-order valence-corrected chi connectivity index (χ2v) is 4.49. The number of pyridine rings is 1. The fourth-order valence-electron chi connectivity index (χ4n) is 0.875. The van der Waals surface area contributed by atoms with Crippen LogP contribution in [0.3, 0.4) is 0 Å². The maximum absolute atomic E-state index is 5.90. The van der Waals surface area contributed by atoms with E-state index in [4.69, 9.17) is 23.2 Å². The number of halogens is 2. The van der Waals surface area contributed by atoms with E-state index < -0.39 is 0 Å². The van der Waals surface area contributed by atoms with Gasteiger partial charge in [0.1, 0.15) is 10.3 Å². The zero-order valence-electron chi connectivity index (χ0n) is 7.39. The van der Waals surface area contributed by atoms with Gasteiger partial charge in [-0.15, -0.1) is 0 Å². The molecule has 0 unspecified atom stereocenters. The first-order chi connectivity index (χ1) is 6.24. The van der Waals surface area contributed by atoms with Crippen LogP contribution in [0.25, 0.3) is 0 Å². The molecule has 1 nitrogen and oxygen atoms in total. The molecule has 0 aromatic carbocycles. The Morgan fingerprint density at radius 3 is 2.77 bits per heavy atom. The Morgan fingerprint density at radius 2 is 2.15 bits per heavy atom. The summed E-state index contributed by atoms with van der Waals surface area (Å²) in [7, 11) is 0. The summed E-state index contributed by atoms with van der Waals surface area (Å²) in [5.74, 6) is 2.07. The molecule has 0 saturated heterocycles. The zero-order valence-corrected chi connectivity index (χ0v) is 9.72. The molecule has 0 N–H and O–H groups in total. The molecule has 13 heavy (non-hydrogen) atoms. The molecule has 0 saturated carbocycles. The first-order valence-corrected chi connectivity index (χ1v) is 6.03. The molecule has 0 bridgehead atoms. The molecule has 0 amide bonds. The van der Waals surface area contributed by atoms with Crippen LogP contribution >= 0.6 is 35.0 Å². The van der Waals surface area contributed by atoms with Crippen LogP contribution in [0.4, 0.5) is 0 Å². The molecule has 0 spiro atoms. The lowest BCUT2D eigenvalue weighted by molar-refractivity contribution is 1.10. The Hall–Kier alpha value is 0.0800. The molecule has 0 aliphatic heterocycles. The van der Waals surface area contributed by atoms with Crippen molar-refractivity contribution < 1.29 is 0 Å². The Balaban J connectivity index is 2.56. The molecule has 0 fully saturated rings. The van der Waals surface area contributed by atoms with Crippen LogP contribution in [-0.4, -0.2) is 10.7 Å². The minimum Gasteiger partial charge on any atom is -0.224 e. The summed E-state index contributed by atoms with van der Waals surface area (Å²) >= 11 is 13.4. The minimum absolute atomic E-state index is 0.453. The van der Waals surface area contributed by atoms with Gasteiger partial charge < -0.3 is 0 Å². The summed E-state index contributed by atoms with van der Waals surface area (Å²) in [5, 5.41) is 0.977. The van der Waals surface area contributed by atoms with E-state index in [0.717, 1.165) is 17.1 Å². The van der Waals surface area contributed by atoms with Crippen molar-refractivity contribution >= 4 is 35.0 Å². The van der Waals surface area contributed by atoms with Crippen LogP contribution in [0.1, 0.15) is 18.9 Å². The van der Waals surface area contributed by atoms with E-state index in [0.29, 0.717) is 10.3 Å². The first kappa shape index (κ1) is 11.2. The van der Waals surface area contributed by atoms with Crippen molar-refractivity contribution in [1.82, 2.24) is 4.98 Å². The SMILES string of the molecule is CCCSCc1ccc(Cl)nc1Cl. The predicted octanol–water partition coefficient (Wildman–Crippen LogP) is 4.03. The third-order valence-electron chi connectivity index (χ3n) is 1.50. The van der Waals surface area contributed by atoms with E-state index in [1.165, 1.54) is 6.42 Å². The smallest absolute Gasteiger partial charge is 0.134 e. The molecule has 0 aliphatic rings. The topological polar surface area (TPSA) is 12.9 Å². The average Bonchev–Trinajstić information content (AvgIpc) is 2.09. The van der Waals surface area contributed by atoms with Gasteiger partial charge in [0, 0.05) is 5.75 Å². The minimum atomic E-state index is 0.453. The van der Waals surface area contributed by atoms with Crippen LogP contribution in [0.2, 0.25) is 10.3 Å². The lowest BCUT2D eigenvalue weighted by atomic mass is 10.3. The maximum Gasteiger partial charge on any atom is 0.134 e. The van der Waals surface area contributed by atoms with Crippen LogP contribution in [0.15, 0.2) is 12.1 Å². The van der Waals surface area contributed by atoms with Crippen molar-refractivity contribution in [1.29, 1.82) is 0 Å². The highest BCUT2D eigenvalue weighted by Crippen LogP contribution is 2.21. The van der Waals surface area contributed by atoms with Gasteiger partial charge in [0.15, 0.2) is 0 Å². The second-order valence-electron chi connectivity index (χ2n) is 2.64. The summed E-state index contributed by atoms with van der Waals surface area (Å²) in [6.45, 7) is 2.16. The first-order valence-electron chi connectivity index (χ1n) is 4.12. The van der Waals surface area contributed by atoms with Gasteiger partial charge in [0.2, 0.25) is 0 Å². The predicted molar refractivity (Wildman–Crippen MR) is 60.7 cm³/mol. The second kappa shape index (κ2) is 5.74. The van der Waals surface area contributed by atoms with Crippen molar-refractivity contribution in [2.24, 2.45) is 0 Å². The monoisotopic (exact) mass is 235 g/mol. The quantitative estimate of drug-likeness (QED) is 0.578. The molecule has 0 aliphatic carbocycles. The van der Waals surface area contributed by atoms with Gasteiger partial charge >= 0.3 is 0 Å². The van der Waals surface area contributed by atoms with Crippen molar-refractivity contribution in [3.63, 3.8) is 0 Å². The lowest BCUT2D eigenvalue weighted by Gasteiger charge is -2.02. The molecular weight excluding hydrogens is 225 g/mol. The fourth-order valence-corrected chi connectivity index (χ4v) is 2.25. The molecule has 72 valence electrons. The summed E-state index contributed by atoms with van der Waals surface area (Å²) in [4.78, 5) is 3.97. The summed E-state index contributed by atoms with van der Waals surface area (Å²) in [6, 6.07) is 3.70. The van der Waals surface area contributed by atoms with Crippen molar-refractivity contribution in [3.8, 4) is 0 Å². The van der Waals surface area contributed by atoms with Crippen LogP contribution < -0.4 is 0 Å². The summed E-state index contributed by atoms with van der Waals surface area (Å²) in [6.07, 6.45) is 1.18. The average molecular weight is 236 g/mol. The Bertz CT molecular complexity index is 278. The van der Waals surface area contributed by atoms with Crippen molar-refractivity contribution in [2.45, 2.75) is 19.1 Å². The molecule has 0 radical (unpaired) electrons. The van der Waals surface area contributed by atoms with E-state index in [-0.39, 0.29) is 0 Å². The van der Waals surface area contributed by atoms with Crippen molar-refractivity contribution in [3.05, 3.63) is 28.0 Å². The van der Waals surface area contributed by atoms with Gasteiger partial charge in [0.05, 0.1) is 0 Å². The van der Waals surface area contributed by atoms with Gasteiger partial charge in [-0.25, -0.2) is 4.98 Å². The van der Waals surface area contributed by atoms with Gasteiger partial charge in [-0.3, -0.25) is 0 Å². The van der Waals surface area contributed by atoms with Gasteiger partial charge in [-0.1, -0.05) is 36.2 Å². The van der Waals surface area contributed by atoms with E-state index in [1.54, 1.807) is 6.07 Å². The highest BCUT2D eigenvalue weighted by atomic mass is 35.5. The Kier molecular flexibility index (Phi) is 4.92. The Morgan fingerprint density at radius 1 is 1.38 bits per heavy atom. The third-order valence-corrected chi connectivity index (χ3v) is 3.25. The summed E-state index contributed by atoms with van der Waals surface area (Å²) < 4.78 is 0. The molecule has 1 rings (SSSR count). The van der Waals surface area contributed by atoms with Gasteiger partial charge in [-0.2, -0.15) is 11.8 Å². The molecule has 4 heteroatoms. The van der Waals surface area contributed by atoms with Gasteiger partial charge in [-0.05, 0) is 23.8 Å². The number of hydrogen-bond donors (Lipinski definition) is 0. The molecule has 0 atom stereocenters. The van der Waals surface area contributed by atoms with E-state index in [9.17, 15) is 0 Å². The number of rotatable bonds is 4. The number of nitrogens with zero attached hydrogens (tertiary/aromatic N) is 1. The van der Waals surface area contributed by atoms with Crippen molar-refractivity contribution in [2.75, 3.05) is 5.75 Å². The van der Waals surface area contributed by atoms with Gasteiger partial charge in [0.25, 0.3) is 0 Å². The number of hydrogen-bond acceptors (Lipinski definition) is 2. The van der Waals surface area contributed by atoms with E-state index in [1.807, 2.05) is 17.8 Å². The lowest BCUT2D eigenvalue weighted by Crippen LogP contribution is -1.87. The molecule has 1 aromatic rings. The molecule has 1 aromatic heterocycles. The van der Waals surface area contributed by atoms with Crippen LogP contribution in [0, 0.1) is 0 Å². The van der Waals surface area contributed by atoms with Crippen LogP contribution in [-0.2, 0) is 5.75 Å². The fraction of sp³-hybridized carbons (Fsp3) is 0.444. The number of thioether (sulfide) groups is 1. The highest BCUT2D eigenvalue weighted by molar-refractivity contribution is 7.98. The number of aromatic nitrogens is 1. The molecule has 1 heterocycles. The van der Waals surface area contributed by atoms with Crippen LogP contribution in [0.5, 0.6) is 0 Å².